The monoisotopic (exact) mass is 502 g/mol. The largest absolute Gasteiger partial charge is 0.508 e. The third-order valence-corrected chi connectivity index (χ3v) is 6.37. The molecule has 0 aliphatic carbocycles. The van der Waals surface area contributed by atoms with Crippen molar-refractivity contribution >= 4 is 45.4 Å². The molecule has 0 spiro atoms. The molecule has 4 aromatic rings. The van der Waals surface area contributed by atoms with Gasteiger partial charge < -0.3 is 9.84 Å². The number of alkyl halides is 1. The van der Waals surface area contributed by atoms with Gasteiger partial charge in [0.25, 0.3) is 0 Å². The predicted octanol–water partition coefficient (Wildman–Crippen LogP) is 5.97. The number of hydrogen-bond donors (Lipinski definition) is 1. The first-order chi connectivity index (χ1) is 13.7. The number of methoxy groups -OCH3 is 1. The molecule has 142 valence electrons. The predicted molar refractivity (Wildman–Crippen MR) is 123 cm³/mol. The number of halogens is 1. The van der Waals surface area contributed by atoms with Crippen molar-refractivity contribution < 1.29 is 9.84 Å². The highest BCUT2D eigenvalue weighted by atomic mass is 127. The van der Waals surface area contributed by atoms with E-state index in [-0.39, 0.29) is 5.75 Å². The minimum Gasteiger partial charge on any atom is -0.508 e. The SMILES string of the molecule is COc1ccc2nc(SCc3ccc(CI)cc3)n(-c3ccc(O)cc3)c2c1. The Morgan fingerprint density at radius 2 is 1.71 bits per heavy atom. The molecule has 1 N–H and O–H groups in total. The molecular weight excluding hydrogens is 483 g/mol. The third-order valence-electron chi connectivity index (χ3n) is 4.48. The fraction of sp³-hybridized carbons (Fsp3) is 0.136. The molecule has 4 rings (SSSR count). The summed E-state index contributed by atoms with van der Waals surface area (Å²) in [7, 11) is 1.66. The molecule has 0 fully saturated rings. The van der Waals surface area contributed by atoms with E-state index in [1.807, 2.05) is 30.3 Å². The summed E-state index contributed by atoms with van der Waals surface area (Å²) in [6, 6.07) is 21.8. The molecule has 0 saturated carbocycles. The van der Waals surface area contributed by atoms with Crippen molar-refractivity contribution in [3.8, 4) is 17.2 Å². The molecule has 0 saturated heterocycles. The second-order valence-corrected chi connectivity index (χ2v) is 8.04. The summed E-state index contributed by atoms with van der Waals surface area (Å²) < 4.78 is 8.53. The molecule has 1 heterocycles. The Morgan fingerprint density at radius 1 is 1.00 bits per heavy atom. The first-order valence-corrected chi connectivity index (χ1v) is 11.3. The Kier molecular flexibility index (Phi) is 5.77. The average Bonchev–Trinajstić information content (AvgIpc) is 3.10. The number of rotatable bonds is 6. The van der Waals surface area contributed by atoms with E-state index in [1.165, 1.54) is 11.1 Å². The number of thioether (sulfide) groups is 1. The van der Waals surface area contributed by atoms with E-state index in [4.69, 9.17) is 9.72 Å². The summed E-state index contributed by atoms with van der Waals surface area (Å²) in [6.45, 7) is 0. The Labute approximate surface area is 181 Å². The number of phenolic OH excluding ortho intramolecular Hbond substituents is 1. The summed E-state index contributed by atoms with van der Waals surface area (Å²) in [4.78, 5) is 4.84. The first kappa shape index (κ1) is 19.1. The van der Waals surface area contributed by atoms with E-state index < -0.39 is 0 Å². The molecule has 0 aliphatic rings. The summed E-state index contributed by atoms with van der Waals surface area (Å²) >= 11 is 4.07. The zero-order chi connectivity index (χ0) is 19.5. The summed E-state index contributed by atoms with van der Waals surface area (Å²) in [5.74, 6) is 1.87. The van der Waals surface area contributed by atoms with Gasteiger partial charge in [-0.3, -0.25) is 4.57 Å². The van der Waals surface area contributed by atoms with Crippen LogP contribution < -0.4 is 4.74 Å². The van der Waals surface area contributed by atoms with Gasteiger partial charge in [0, 0.05) is 21.9 Å². The summed E-state index contributed by atoms with van der Waals surface area (Å²) in [5, 5.41) is 10.6. The van der Waals surface area contributed by atoms with Crippen LogP contribution in [0.1, 0.15) is 11.1 Å². The maximum absolute atomic E-state index is 9.66. The van der Waals surface area contributed by atoms with Crippen LogP contribution in [0.5, 0.6) is 11.5 Å². The highest BCUT2D eigenvalue weighted by Gasteiger charge is 2.14. The van der Waals surface area contributed by atoms with E-state index in [0.717, 1.165) is 37.8 Å². The van der Waals surface area contributed by atoms with Gasteiger partial charge in [0.1, 0.15) is 11.5 Å². The third kappa shape index (κ3) is 3.98. The van der Waals surface area contributed by atoms with Crippen molar-refractivity contribution in [1.82, 2.24) is 9.55 Å². The number of imidazole rings is 1. The van der Waals surface area contributed by atoms with Crippen molar-refractivity contribution in [2.45, 2.75) is 15.3 Å². The highest BCUT2D eigenvalue weighted by Crippen LogP contribution is 2.32. The maximum Gasteiger partial charge on any atom is 0.174 e. The zero-order valence-corrected chi connectivity index (χ0v) is 18.3. The lowest BCUT2D eigenvalue weighted by molar-refractivity contribution is 0.415. The van der Waals surface area contributed by atoms with Crippen LogP contribution >= 0.6 is 34.4 Å². The second kappa shape index (κ2) is 8.45. The van der Waals surface area contributed by atoms with Crippen LogP contribution in [0.25, 0.3) is 16.7 Å². The summed E-state index contributed by atoms with van der Waals surface area (Å²) in [5.41, 5.74) is 5.44. The number of phenols is 1. The van der Waals surface area contributed by atoms with Gasteiger partial charge in [0.2, 0.25) is 0 Å². The highest BCUT2D eigenvalue weighted by molar-refractivity contribution is 14.1. The Bertz CT molecular complexity index is 1090. The molecule has 0 atom stereocenters. The molecule has 0 radical (unpaired) electrons. The van der Waals surface area contributed by atoms with Gasteiger partial charge >= 0.3 is 0 Å². The molecule has 4 nitrogen and oxygen atoms in total. The minimum absolute atomic E-state index is 0.246. The van der Waals surface area contributed by atoms with Crippen molar-refractivity contribution in [2.75, 3.05) is 7.11 Å². The smallest absolute Gasteiger partial charge is 0.174 e. The lowest BCUT2D eigenvalue weighted by Crippen LogP contribution is -1.97. The lowest BCUT2D eigenvalue weighted by atomic mass is 10.2. The van der Waals surface area contributed by atoms with Gasteiger partial charge in [0.15, 0.2) is 5.16 Å². The molecule has 0 unspecified atom stereocenters. The number of nitrogens with zero attached hydrogens (tertiary/aromatic N) is 2. The lowest BCUT2D eigenvalue weighted by Gasteiger charge is -2.10. The maximum atomic E-state index is 9.66. The molecule has 1 aromatic heterocycles. The number of hydrogen-bond acceptors (Lipinski definition) is 4. The average molecular weight is 502 g/mol. The Balaban J connectivity index is 1.73. The van der Waals surface area contributed by atoms with E-state index in [1.54, 1.807) is 31.0 Å². The summed E-state index contributed by atoms with van der Waals surface area (Å²) in [6.07, 6.45) is 0. The van der Waals surface area contributed by atoms with Crippen LogP contribution in [-0.4, -0.2) is 21.8 Å². The minimum atomic E-state index is 0.246. The molecule has 0 aliphatic heterocycles. The number of aromatic nitrogens is 2. The van der Waals surface area contributed by atoms with Crippen LogP contribution in [0.2, 0.25) is 0 Å². The normalized spacial score (nSPS) is 11.1. The van der Waals surface area contributed by atoms with Crippen molar-refractivity contribution in [2.24, 2.45) is 0 Å². The molecule has 0 bridgehead atoms. The van der Waals surface area contributed by atoms with Crippen LogP contribution in [0, 0.1) is 0 Å². The quantitative estimate of drug-likeness (QED) is 0.201. The van der Waals surface area contributed by atoms with E-state index >= 15 is 0 Å². The van der Waals surface area contributed by atoms with Gasteiger partial charge in [-0.15, -0.1) is 0 Å². The van der Waals surface area contributed by atoms with Crippen LogP contribution in [-0.2, 0) is 10.2 Å². The van der Waals surface area contributed by atoms with Gasteiger partial charge in [-0.1, -0.05) is 58.6 Å². The van der Waals surface area contributed by atoms with Gasteiger partial charge in [0.05, 0.1) is 18.1 Å². The number of fused-ring (bicyclic) bond motifs is 1. The van der Waals surface area contributed by atoms with Crippen molar-refractivity contribution in [1.29, 1.82) is 0 Å². The molecule has 28 heavy (non-hydrogen) atoms. The molecule has 0 amide bonds. The second-order valence-electron chi connectivity index (χ2n) is 6.34. The van der Waals surface area contributed by atoms with Gasteiger partial charge in [-0.25, -0.2) is 4.98 Å². The zero-order valence-electron chi connectivity index (χ0n) is 15.3. The van der Waals surface area contributed by atoms with Gasteiger partial charge in [-0.05, 0) is 47.5 Å². The Hall–Kier alpha value is -2.19. The van der Waals surface area contributed by atoms with Crippen LogP contribution in [0.4, 0.5) is 0 Å². The van der Waals surface area contributed by atoms with Crippen LogP contribution in [0.15, 0.2) is 71.9 Å². The van der Waals surface area contributed by atoms with Gasteiger partial charge in [-0.2, -0.15) is 0 Å². The first-order valence-electron chi connectivity index (χ1n) is 8.80. The molecule has 3 aromatic carbocycles. The standard InChI is InChI=1S/C22H19IN2O2S/c1-27-19-10-11-20-21(12-19)25(17-6-8-18(26)9-7-17)22(24-20)28-14-16-4-2-15(13-23)3-5-16/h2-12,26H,13-14H2,1H3. The number of ether oxygens (including phenoxy) is 1. The van der Waals surface area contributed by atoms with Crippen LogP contribution in [0.3, 0.4) is 0 Å². The van der Waals surface area contributed by atoms with Crippen molar-refractivity contribution in [3.63, 3.8) is 0 Å². The fourth-order valence-corrected chi connectivity index (χ4v) is 4.47. The fourth-order valence-electron chi connectivity index (χ4n) is 2.98. The van der Waals surface area contributed by atoms with Crippen molar-refractivity contribution in [3.05, 3.63) is 77.9 Å². The molecular formula is C22H19IN2O2S. The van der Waals surface area contributed by atoms with E-state index in [9.17, 15) is 5.11 Å². The topological polar surface area (TPSA) is 47.3 Å². The Morgan fingerprint density at radius 3 is 2.39 bits per heavy atom. The molecule has 6 heteroatoms. The number of aromatic hydroxyl groups is 1. The number of benzene rings is 3. The van der Waals surface area contributed by atoms with E-state index in [2.05, 4.69) is 51.4 Å². The van der Waals surface area contributed by atoms with E-state index in [0.29, 0.717) is 0 Å².